The minimum absolute atomic E-state index is 0.0664. The molecule has 0 aliphatic carbocycles. The van der Waals surface area contributed by atoms with Crippen molar-refractivity contribution in [1.82, 2.24) is 19.9 Å². The number of rotatable bonds is 6. The number of nitrogens with zero attached hydrogens (tertiary/aromatic N) is 6. The molecular formula is C28H29N7O2. The number of aliphatic imine (C=N–C) groups is 1. The molecule has 2 aromatic heterocycles. The third-order valence-corrected chi connectivity index (χ3v) is 7.07. The molecule has 1 aromatic carbocycles. The average Bonchev–Trinajstić information content (AvgIpc) is 3.67. The Balaban J connectivity index is 1.26. The number of aromatic nitrogens is 3. The second kappa shape index (κ2) is 10.1. The Kier molecular flexibility index (Phi) is 6.36. The van der Waals surface area contributed by atoms with E-state index in [-0.39, 0.29) is 11.9 Å². The van der Waals surface area contributed by atoms with Gasteiger partial charge in [0.15, 0.2) is 0 Å². The molecule has 9 nitrogen and oxygen atoms in total. The van der Waals surface area contributed by atoms with Crippen LogP contribution in [0.25, 0.3) is 11.3 Å². The van der Waals surface area contributed by atoms with Crippen molar-refractivity contribution in [2.24, 2.45) is 4.99 Å². The van der Waals surface area contributed by atoms with Crippen molar-refractivity contribution in [3.05, 3.63) is 77.6 Å². The number of carbonyl (C=O) groups excluding carboxylic acids is 1. The molecule has 0 radical (unpaired) electrons. The molecule has 37 heavy (non-hydrogen) atoms. The maximum absolute atomic E-state index is 13.0. The van der Waals surface area contributed by atoms with Crippen molar-refractivity contribution in [3.63, 3.8) is 0 Å². The molecule has 3 aliphatic rings. The van der Waals surface area contributed by atoms with Crippen molar-refractivity contribution < 1.29 is 9.53 Å². The first-order valence-corrected chi connectivity index (χ1v) is 12.6. The first kappa shape index (κ1) is 23.3. The van der Waals surface area contributed by atoms with E-state index < -0.39 is 0 Å². The number of anilines is 2. The minimum atomic E-state index is -0.0664. The highest BCUT2D eigenvalue weighted by atomic mass is 16.5. The van der Waals surface area contributed by atoms with Crippen molar-refractivity contribution >= 4 is 23.5 Å². The van der Waals surface area contributed by atoms with E-state index >= 15 is 0 Å². The third kappa shape index (κ3) is 4.70. The summed E-state index contributed by atoms with van der Waals surface area (Å²) in [6.07, 6.45) is 3.78. The van der Waals surface area contributed by atoms with Gasteiger partial charge in [0.2, 0.25) is 5.95 Å². The van der Waals surface area contributed by atoms with Gasteiger partial charge in [-0.2, -0.15) is 4.98 Å². The Morgan fingerprint density at radius 3 is 2.78 bits per heavy atom. The Hall–Kier alpha value is -4.11. The largest absolute Gasteiger partial charge is 0.383 e. The van der Waals surface area contributed by atoms with Crippen LogP contribution >= 0.6 is 0 Å². The zero-order valence-corrected chi connectivity index (χ0v) is 20.8. The lowest BCUT2D eigenvalue weighted by Crippen LogP contribution is -2.34. The molecule has 1 atom stereocenters. The SMILES string of the molecule is COC[C@@H]1CCCN1c1nc(NC2=NCC3=C2CN(C(=O)c2ccccn2)C3)cc(-c2ccccc2)n1. The summed E-state index contributed by atoms with van der Waals surface area (Å²) >= 11 is 0. The summed E-state index contributed by atoms with van der Waals surface area (Å²) in [5, 5.41) is 3.46. The predicted molar refractivity (Wildman–Crippen MR) is 143 cm³/mol. The molecule has 0 bridgehead atoms. The monoisotopic (exact) mass is 495 g/mol. The van der Waals surface area contributed by atoms with Crippen molar-refractivity contribution in [2.45, 2.75) is 18.9 Å². The van der Waals surface area contributed by atoms with Crippen LogP contribution in [0.2, 0.25) is 0 Å². The lowest BCUT2D eigenvalue weighted by molar-refractivity contribution is 0.0790. The molecular weight excluding hydrogens is 466 g/mol. The van der Waals surface area contributed by atoms with Gasteiger partial charge in [0.05, 0.1) is 31.4 Å². The van der Waals surface area contributed by atoms with Gasteiger partial charge < -0.3 is 19.9 Å². The van der Waals surface area contributed by atoms with Gasteiger partial charge in [-0.05, 0) is 30.5 Å². The number of benzene rings is 1. The van der Waals surface area contributed by atoms with Crippen LogP contribution in [0.1, 0.15) is 23.3 Å². The van der Waals surface area contributed by atoms with Crippen LogP contribution in [-0.4, -0.2) is 77.5 Å². The van der Waals surface area contributed by atoms with Crippen LogP contribution in [-0.2, 0) is 4.74 Å². The molecule has 188 valence electrons. The quantitative estimate of drug-likeness (QED) is 0.560. The molecule has 6 rings (SSSR count). The van der Waals surface area contributed by atoms with E-state index in [1.165, 1.54) is 0 Å². The molecule has 1 saturated heterocycles. The number of hydrogen-bond acceptors (Lipinski definition) is 8. The highest BCUT2D eigenvalue weighted by molar-refractivity contribution is 6.11. The summed E-state index contributed by atoms with van der Waals surface area (Å²) < 4.78 is 5.46. The molecule has 0 spiro atoms. The number of ether oxygens (including phenoxy) is 1. The van der Waals surface area contributed by atoms with E-state index in [1.54, 1.807) is 19.4 Å². The molecule has 3 aromatic rings. The number of methoxy groups -OCH3 is 1. The molecule has 1 N–H and O–H groups in total. The van der Waals surface area contributed by atoms with Crippen LogP contribution in [0.4, 0.5) is 11.8 Å². The van der Waals surface area contributed by atoms with Gasteiger partial charge >= 0.3 is 0 Å². The Morgan fingerprint density at radius 1 is 1.11 bits per heavy atom. The Morgan fingerprint density at radius 2 is 1.97 bits per heavy atom. The zero-order valence-electron chi connectivity index (χ0n) is 20.8. The first-order chi connectivity index (χ1) is 18.2. The summed E-state index contributed by atoms with van der Waals surface area (Å²) in [4.78, 5) is 35.8. The summed E-state index contributed by atoms with van der Waals surface area (Å²) in [6, 6.07) is 17.7. The van der Waals surface area contributed by atoms with Crippen LogP contribution in [0.3, 0.4) is 0 Å². The lowest BCUT2D eigenvalue weighted by atomic mass is 10.1. The third-order valence-electron chi connectivity index (χ3n) is 7.07. The normalized spacial score (nSPS) is 18.8. The molecule has 5 heterocycles. The van der Waals surface area contributed by atoms with Crippen LogP contribution in [0.5, 0.6) is 0 Å². The second-order valence-corrected chi connectivity index (χ2v) is 9.50. The van der Waals surface area contributed by atoms with E-state index in [4.69, 9.17) is 19.7 Å². The highest BCUT2D eigenvalue weighted by Gasteiger charge is 2.33. The van der Waals surface area contributed by atoms with Gasteiger partial charge in [-0.15, -0.1) is 0 Å². The first-order valence-electron chi connectivity index (χ1n) is 12.6. The summed E-state index contributed by atoms with van der Waals surface area (Å²) in [7, 11) is 1.73. The van der Waals surface area contributed by atoms with Crippen LogP contribution in [0.15, 0.2) is 76.9 Å². The van der Waals surface area contributed by atoms with Crippen LogP contribution < -0.4 is 10.2 Å². The van der Waals surface area contributed by atoms with Crippen molar-refractivity contribution in [1.29, 1.82) is 0 Å². The zero-order chi connectivity index (χ0) is 25.2. The average molecular weight is 496 g/mol. The molecule has 0 unspecified atom stereocenters. The number of amidine groups is 1. The molecule has 0 saturated carbocycles. The van der Waals surface area contributed by atoms with E-state index in [0.717, 1.165) is 47.6 Å². The fraction of sp³-hybridized carbons (Fsp3) is 0.321. The predicted octanol–water partition coefficient (Wildman–Crippen LogP) is 3.43. The fourth-order valence-electron chi connectivity index (χ4n) is 5.22. The Bertz CT molecular complexity index is 1360. The minimum Gasteiger partial charge on any atom is -0.383 e. The Labute approximate surface area is 215 Å². The van der Waals surface area contributed by atoms with E-state index in [0.29, 0.717) is 43.7 Å². The standard InChI is InChI=1S/C28H29N7O2/c1-37-18-21-10-7-13-35(21)28-31-24(19-8-3-2-4-9-19)14-25(33-28)32-26-22-17-34(16-20(22)15-30-26)27(36)23-11-5-6-12-29-23/h2-6,8-9,11-12,14,21H,7,10,13,15-18H2,1H3,(H,30,31,32,33)/t21-/m0/s1. The summed E-state index contributed by atoms with van der Waals surface area (Å²) in [5.41, 5.74) is 4.55. The van der Waals surface area contributed by atoms with Gasteiger partial charge in [0.1, 0.15) is 17.3 Å². The number of carbonyl (C=O) groups is 1. The molecule has 1 amide bonds. The smallest absolute Gasteiger partial charge is 0.273 e. The van der Waals surface area contributed by atoms with Gasteiger partial charge in [0, 0.05) is 43.6 Å². The lowest BCUT2D eigenvalue weighted by Gasteiger charge is -2.25. The van der Waals surface area contributed by atoms with Gasteiger partial charge in [-0.25, -0.2) is 4.98 Å². The van der Waals surface area contributed by atoms with E-state index in [1.807, 2.05) is 41.3 Å². The number of pyridine rings is 1. The van der Waals surface area contributed by atoms with Crippen molar-refractivity contribution in [3.8, 4) is 11.3 Å². The van der Waals surface area contributed by atoms with E-state index in [2.05, 4.69) is 27.3 Å². The van der Waals surface area contributed by atoms with Crippen molar-refractivity contribution in [2.75, 3.05) is 50.1 Å². The number of amides is 1. The summed E-state index contributed by atoms with van der Waals surface area (Å²) in [5.74, 6) is 2.08. The molecule has 3 aliphatic heterocycles. The highest BCUT2D eigenvalue weighted by Crippen LogP contribution is 2.30. The van der Waals surface area contributed by atoms with Crippen LogP contribution in [0, 0.1) is 0 Å². The second-order valence-electron chi connectivity index (χ2n) is 9.50. The van der Waals surface area contributed by atoms with Gasteiger partial charge in [-0.1, -0.05) is 36.4 Å². The fourth-order valence-corrected chi connectivity index (χ4v) is 5.22. The van der Waals surface area contributed by atoms with Gasteiger partial charge in [0.25, 0.3) is 5.91 Å². The van der Waals surface area contributed by atoms with E-state index in [9.17, 15) is 4.79 Å². The maximum Gasteiger partial charge on any atom is 0.273 e. The molecule has 9 heteroatoms. The number of nitrogens with one attached hydrogen (secondary N) is 1. The summed E-state index contributed by atoms with van der Waals surface area (Å²) in [6.45, 7) is 3.19. The maximum atomic E-state index is 13.0. The number of hydrogen-bond donors (Lipinski definition) is 1. The van der Waals surface area contributed by atoms with Gasteiger partial charge in [-0.3, -0.25) is 14.8 Å². The topological polar surface area (TPSA) is 95.8 Å². The molecule has 1 fully saturated rings.